The van der Waals surface area contributed by atoms with Crippen LogP contribution in [-0.4, -0.2) is 10.8 Å². The summed E-state index contributed by atoms with van der Waals surface area (Å²) in [6, 6.07) is 11.2. The molecule has 0 atom stereocenters. The van der Waals surface area contributed by atoms with Gasteiger partial charge in [-0.05, 0) is 41.2 Å². The minimum atomic E-state index is -0.368. The lowest BCUT2D eigenvalue weighted by Gasteiger charge is -2.18. The quantitative estimate of drug-likeness (QED) is 0.644. The van der Waals surface area contributed by atoms with Gasteiger partial charge in [0, 0.05) is 11.8 Å². The smallest absolute Gasteiger partial charge is 0.256 e. The van der Waals surface area contributed by atoms with E-state index in [4.69, 9.17) is 5.73 Å². The normalized spacial score (nSPS) is 10.6. The minimum Gasteiger partial charge on any atom is -0.397 e. The number of aromatic nitrogens is 1. The van der Waals surface area contributed by atoms with Crippen molar-refractivity contribution in [3.8, 4) is 11.8 Å². The fraction of sp³-hybridized carbons (Fsp3) is 0.222. The molecule has 0 unspecified atom stereocenters. The molecule has 0 saturated heterocycles. The molecule has 1 heterocycles. The Kier molecular flexibility index (Phi) is 4.09. The van der Waals surface area contributed by atoms with Crippen molar-refractivity contribution < 1.29 is 4.79 Å². The molecule has 1 aromatic heterocycles. The molecule has 2 N–H and O–H groups in total. The number of hydrogen-bond donors (Lipinski definition) is 1. The number of carbonyl (C=O) groups excluding carboxylic acids is 1. The Bertz CT molecular complexity index is 713. The number of anilines is 1. The van der Waals surface area contributed by atoms with E-state index in [-0.39, 0.29) is 16.9 Å². The summed E-state index contributed by atoms with van der Waals surface area (Å²) in [7, 11) is 0. The van der Waals surface area contributed by atoms with Crippen molar-refractivity contribution in [2.45, 2.75) is 26.2 Å². The van der Waals surface area contributed by atoms with Crippen molar-refractivity contribution in [1.82, 2.24) is 4.98 Å². The molecule has 0 fully saturated rings. The van der Waals surface area contributed by atoms with E-state index in [2.05, 4.69) is 37.6 Å². The third-order valence-electron chi connectivity index (χ3n) is 3.13. The number of nitrogens with two attached hydrogens (primary N) is 1. The predicted octanol–water partition coefficient (Wildman–Crippen LogP) is 3.20. The van der Waals surface area contributed by atoms with Gasteiger partial charge in [-0.25, -0.2) is 4.98 Å². The van der Waals surface area contributed by atoms with Crippen LogP contribution in [0.4, 0.5) is 5.69 Å². The van der Waals surface area contributed by atoms with E-state index >= 15 is 0 Å². The highest BCUT2D eigenvalue weighted by Crippen LogP contribution is 2.21. The maximum atomic E-state index is 11.9. The van der Waals surface area contributed by atoms with Gasteiger partial charge in [0.25, 0.3) is 5.78 Å². The molecule has 3 heteroatoms. The Balaban J connectivity index is 2.20. The SMILES string of the molecule is CC(C)(C)c1ccc(C#CC(=O)c2ncccc2N)cc1. The Hall–Kier alpha value is -2.60. The van der Waals surface area contributed by atoms with E-state index < -0.39 is 0 Å². The van der Waals surface area contributed by atoms with Crippen molar-refractivity contribution in [3.05, 3.63) is 59.4 Å². The molecule has 0 aliphatic rings. The van der Waals surface area contributed by atoms with Gasteiger partial charge in [-0.1, -0.05) is 38.8 Å². The molecule has 2 rings (SSSR count). The van der Waals surface area contributed by atoms with Crippen LogP contribution in [0.25, 0.3) is 0 Å². The predicted molar refractivity (Wildman–Crippen MR) is 85.0 cm³/mol. The lowest BCUT2D eigenvalue weighted by molar-refractivity contribution is 0.105. The van der Waals surface area contributed by atoms with E-state index in [9.17, 15) is 4.79 Å². The van der Waals surface area contributed by atoms with Crippen molar-refractivity contribution >= 4 is 11.5 Å². The molecule has 0 radical (unpaired) electrons. The van der Waals surface area contributed by atoms with Crippen LogP contribution in [0.5, 0.6) is 0 Å². The van der Waals surface area contributed by atoms with E-state index in [1.165, 1.54) is 11.8 Å². The van der Waals surface area contributed by atoms with Gasteiger partial charge in [-0.15, -0.1) is 0 Å². The van der Waals surface area contributed by atoms with Gasteiger partial charge in [0.1, 0.15) is 5.69 Å². The van der Waals surface area contributed by atoms with Crippen molar-refractivity contribution in [2.75, 3.05) is 5.73 Å². The van der Waals surface area contributed by atoms with Gasteiger partial charge in [-0.3, -0.25) is 4.79 Å². The Morgan fingerprint density at radius 3 is 2.38 bits per heavy atom. The maximum Gasteiger partial charge on any atom is 0.256 e. The molecule has 1 aromatic carbocycles. The molecule has 0 amide bonds. The molecular weight excluding hydrogens is 260 g/mol. The summed E-state index contributed by atoms with van der Waals surface area (Å²) in [6.07, 6.45) is 1.53. The fourth-order valence-electron chi connectivity index (χ4n) is 1.85. The van der Waals surface area contributed by atoms with Crippen LogP contribution in [0.2, 0.25) is 0 Å². The van der Waals surface area contributed by atoms with E-state index in [0.717, 1.165) is 5.56 Å². The highest BCUT2D eigenvalue weighted by molar-refractivity contribution is 6.10. The van der Waals surface area contributed by atoms with Gasteiger partial charge < -0.3 is 5.73 Å². The number of ketones is 1. The van der Waals surface area contributed by atoms with Gasteiger partial charge >= 0.3 is 0 Å². The summed E-state index contributed by atoms with van der Waals surface area (Å²) in [6.45, 7) is 6.46. The number of benzene rings is 1. The van der Waals surface area contributed by atoms with E-state index in [0.29, 0.717) is 5.69 Å². The molecule has 0 bridgehead atoms. The van der Waals surface area contributed by atoms with Crippen LogP contribution in [0.15, 0.2) is 42.6 Å². The highest BCUT2D eigenvalue weighted by Gasteiger charge is 2.12. The van der Waals surface area contributed by atoms with E-state index in [1.807, 2.05) is 24.3 Å². The van der Waals surface area contributed by atoms with Crippen LogP contribution >= 0.6 is 0 Å². The average Bonchev–Trinajstić information content (AvgIpc) is 2.45. The summed E-state index contributed by atoms with van der Waals surface area (Å²) in [5, 5.41) is 0. The monoisotopic (exact) mass is 278 g/mol. The van der Waals surface area contributed by atoms with E-state index in [1.54, 1.807) is 12.1 Å². The third-order valence-corrected chi connectivity index (χ3v) is 3.13. The molecule has 21 heavy (non-hydrogen) atoms. The first-order chi connectivity index (χ1) is 9.88. The Morgan fingerprint density at radius 1 is 1.14 bits per heavy atom. The molecular formula is C18H18N2O. The number of carbonyl (C=O) groups is 1. The summed E-state index contributed by atoms with van der Waals surface area (Å²) < 4.78 is 0. The molecule has 3 nitrogen and oxygen atoms in total. The van der Waals surface area contributed by atoms with Gasteiger partial charge in [0.05, 0.1) is 5.69 Å². The van der Waals surface area contributed by atoms with Gasteiger partial charge in [-0.2, -0.15) is 0 Å². The van der Waals surface area contributed by atoms with Crippen LogP contribution in [0, 0.1) is 11.8 Å². The number of hydrogen-bond acceptors (Lipinski definition) is 3. The largest absolute Gasteiger partial charge is 0.397 e. The van der Waals surface area contributed by atoms with Gasteiger partial charge in [0.2, 0.25) is 0 Å². The minimum absolute atomic E-state index is 0.101. The van der Waals surface area contributed by atoms with Crippen LogP contribution in [0.3, 0.4) is 0 Å². The zero-order valence-corrected chi connectivity index (χ0v) is 12.5. The summed E-state index contributed by atoms with van der Waals surface area (Å²) in [5.41, 5.74) is 8.39. The molecule has 0 saturated carbocycles. The summed E-state index contributed by atoms with van der Waals surface area (Å²) >= 11 is 0. The maximum absolute atomic E-state index is 11.9. The molecule has 106 valence electrons. The molecule has 0 spiro atoms. The second kappa shape index (κ2) is 5.80. The first kappa shape index (κ1) is 14.8. The second-order valence-electron chi connectivity index (χ2n) is 5.85. The first-order valence-corrected chi connectivity index (χ1v) is 6.75. The first-order valence-electron chi connectivity index (χ1n) is 6.75. The number of rotatable bonds is 1. The molecule has 0 aliphatic heterocycles. The van der Waals surface area contributed by atoms with Gasteiger partial charge in [0.15, 0.2) is 0 Å². The Morgan fingerprint density at radius 2 is 1.81 bits per heavy atom. The average molecular weight is 278 g/mol. The van der Waals surface area contributed by atoms with Crippen LogP contribution in [-0.2, 0) is 5.41 Å². The molecule has 0 aliphatic carbocycles. The zero-order chi connectivity index (χ0) is 15.5. The highest BCUT2D eigenvalue weighted by atomic mass is 16.1. The zero-order valence-electron chi connectivity index (χ0n) is 12.5. The van der Waals surface area contributed by atoms with Crippen molar-refractivity contribution in [1.29, 1.82) is 0 Å². The standard InChI is InChI=1S/C18H18N2O/c1-18(2,3)14-9-6-13(7-10-14)8-11-16(21)17-15(19)5-4-12-20-17/h4-7,9-10,12H,19H2,1-3H3. The Labute approximate surface area is 125 Å². The number of pyridine rings is 1. The van der Waals surface area contributed by atoms with Crippen LogP contribution < -0.4 is 5.73 Å². The second-order valence-corrected chi connectivity index (χ2v) is 5.85. The summed E-state index contributed by atoms with van der Waals surface area (Å²) in [4.78, 5) is 15.9. The number of nitrogens with zero attached hydrogens (tertiary/aromatic N) is 1. The fourth-order valence-corrected chi connectivity index (χ4v) is 1.85. The van der Waals surface area contributed by atoms with Crippen molar-refractivity contribution in [3.63, 3.8) is 0 Å². The summed E-state index contributed by atoms with van der Waals surface area (Å²) in [5.74, 6) is 5.07. The number of nitrogen functional groups attached to an aromatic ring is 1. The third kappa shape index (κ3) is 3.70. The molecule has 2 aromatic rings. The lowest BCUT2D eigenvalue weighted by Crippen LogP contribution is -2.10. The number of Topliss-reactive ketones (excluding diaryl/α,β-unsaturated/α-hetero) is 1. The lowest BCUT2D eigenvalue weighted by atomic mass is 9.87. The topological polar surface area (TPSA) is 56.0 Å². The van der Waals surface area contributed by atoms with Crippen molar-refractivity contribution in [2.24, 2.45) is 0 Å². The van der Waals surface area contributed by atoms with Crippen LogP contribution in [0.1, 0.15) is 42.4 Å².